The number of nitrogens with one attached hydrogen (secondary N) is 3. The second kappa shape index (κ2) is 14.9. The van der Waals surface area contributed by atoms with Crippen LogP contribution in [0.15, 0.2) is 22.8 Å². The third kappa shape index (κ3) is 8.92. The van der Waals surface area contributed by atoms with Crippen molar-refractivity contribution in [1.29, 1.82) is 0 Å². The second-order valence-corrected chi connectivity index (χ2v) is 14.8. The summed E-state index contributed by atoms with van der Waals surface area (Å²) >= 11 is 0. The number of ketones is 1. The zero-order chi connectivity index (χ0) is 34.5. The van der Waals surface area contributed by atoms with Crippen LogP contribution in [0.1, 0.15) is 98.2 Å². The number of hydrogen-bond donors (Lipinski definition) is 4. The molecule has 1 unspecified atom stereocenters. The standard InChI is InChI=1S/C34H51N5O8/c1-20(2)23-13-16-39(25(23)29(42)36-24(18-21-11-12-21)26(40)28(35)41)30(43)27(33(3,4)5)37-32(45)38-34(14-7-6-8-15-34)31(44)47-19-22-10-9-17-46-22/h9-10,17,20-21,23-25,27H,6-8,11-16,18-19H2,1-5H3,(H2,35,41)(H,36,42)(H2,37,38,45)/t23-,24?,25+,27-/m1/s1. The maximum Gasteiger partial charge on any atom is 0.332 e. The first-order valence-electron chi connectivity index (χ1n) is 16.9. The number of likely N-dealkylation sites (tertiary alicyclic amines) is 1. The maximum absolute atomic E-state index is 14.3. The van der Waals surface area contributed by atoms with Crippen molar-refractivity contribution in [2.75, 3.05) is 6.54 Å². The molecule has 1 aromatic rings. The highest BCUT2D eigenvalue weighted by molar-refractivity contribution is 6.37. The fraction of sp³-hybridized carbons (Fsp3) is 0.706. The third-order valence-corrected chi connectivity index (χ3v) is 9.76. The van der Waals surface area contributed by atoms with Crippen LogP contribution in [0, 0.1) is 23.2 Å². The molecule has 13 heteroatoms. The largest absolute Gasteiger partial charge is 0.466 e. The molecule has 1 aliphatic heterocycles. The van der Waals surface area contributed by atoms with Gasteiger partial charge in [-0.2, -0.15) is 0 Å². The molecule has 1 saturated heterocycles. The van der Waals surface area contributed by atoms with Crippen LogP contribution < -0.4 is 21.7 Å². The second-order valence-electron chi connectivity index (χ2n) is 14.8. The molecule has 4 rings (SSSR count). The zero-order valence-electron chi connectivity index (χ0n) is 28.3. The summed E-state index contributed by atoms with van der Waals surface area (Å²) < 4.78 is 10.8. The van der Waals surface area contributed by atoms with Crippen LogP contribution in [0.4, 0.5) is 4.79 Å². The number of primary amides is 1. The molecule has 4 atom stereocenters. The monoisotopic (exact) mass is 657 g/mol. The van der Waals surface area contributed by atoms with Gasteiger partial charge in [-0.3, -0.25) is 19.2 Å². The van der Waals surface area contributed by atoms with Crippen LogP contribution >= 0.6 is 0 Å². The Balaban J connectivity index is 1.52. The number of nitrogens with two attached hydrogens (primary N) is 1. The van der Waals surface area contributed by atoms with Crippen molar-refractivity contribution < 1.29 is 37.9 Å². The van der Waals surface area contributed by atoms with E-state index in [1.807, 2.05) is 34.6 Å². The highest BCUT2D eigenvalue weighted by Crippen LogP contribution is 2.36. The van der Waals surface area contributed by atoms with Crippen LogP contribution in [0.25, 0.3) is 0 Å². The number of rotatable bonds is 13. The van der Waals surface area contributed by atoms with Crippen LogP contribution in [0.2, 0.25) is 0 Å². The highest BCUT2D eigenvalue weighted by atomic mass is 16.5. The highest BCUT2D eigenvalue weighted by Gasteiger charge is 2.49. The van der Waals surface area contributed by atoms with Gasteiger partial charge in [0.15, 0.2) is 0 Å². The molecular formula is C34H51N5O8. The van der Waals surface area contributed by atoms with Gasteiger partial charge < -0.3 is 35.7 Å². The van der Waals surface area contributed by atoms with E-state index in [-0.39, 0.29) is 30.9 Å². The first-order chi connectivity index (χ1) is 22.1. The first kappa shape index (κ1) is 35.9. The molecule has 0 radical (unpaired) electrons. The van der Waals surface area contributed by atoms with Gasteiger partial charge in [0, 0.05) is 6.54 Å². The number of ether oxygens (including phenoxy) is 1. The summed E-state index contributed by atoms with van der Waals surface area (Å²) in [7, 11) is 0. The van der Waals surface area contributed by atoms with E-state index in [9.17, 15) is 28.8 Å². The number of amides is 5. The molecule has 3 fully saturated rings. The van der Waals surface area contributed by atoms with E-state index in [1.54, 1.807) is 12.1 Å². The van der Waals surface area contributed by atoms with Crippen LogP contribution in [0.5, 0.6) is 0 Å². The van der Waals surface area contributed by atoms with E-state index in [0.717, 1.165) is 32.1 Å². The number of nitrogens with zero attached hydrogens (tertiary/aromatic N) is 1. The normalized spacial score (nSPS) is 22.2. The molecule has 0 aromatic carbocycles. The average molecular weight is 658 g/mol. The van der Waals surface area contributed by atoms with Gasteiger partial charge in [-0.25, -0.2) is 9.59 Å². The molecule has 47 heavy (non-hydrogen) atoms. The van der Waals surface area contributed by atoms with Gasteiger partial charge >= 0.3 is 12.0 Å². The molecule has 1 aromatic heterocycles. The Morgan fingerprint density at radius 2 is 1.72 bits per heavy atom. The van der Waals surface area contributed by atoms with E-state index in [4.69, 9.17) is 14.9 Å². The van der Waals surface area contributed by atoms with E-state index in [1.165, 1.54) is 11.2 Å². The number of furan rings is 1. The number of urea groups is 1. The van der Waals surface area contributed by atoms with Crippen molar-refractivity contribution in [1.82, 2.24) is 20.9 Å². The minimum atomic E-state index is -1.26. The summed E-state index contributed by atoms with van der Waals surface area (Å²) in [6.07, 6.45) is 7.31. The van der Waals surface area contributed by atoms with E-state index < -0.39 is 64.6 Å². The van der Waals surface area contributed by atoms with E-state index in [2.05, 4.69) is 16.0 Å². The lowest BCUT2D eigenvalue weighted by Gasteiger charge is -2.39. The fourth-order valence-corrected chi connectivity index (χ4v) is 6.85. The van der Waals surface area contributed by atoms with Gasteiger partial charge in [0.2, 0.25) is 17.6 Å². The SMILES string of the molecule is CC(C)[C@H]1CCN(C(=O)[C@@H](NC(=O)NC2(C(=O)OCc3ccco3)CCCCC2)C(C)(C)C)[C@@H]1C(=O)NC(CC1CC1)C(=O)C(N)=O. The molecular weight excluding hydrogens is 606 g/mol. The van der Waals surface area contributed by atoms with E-state index in [0.29, 0.717) is 31.4 Å². The Bertz CT molecular complexity index is 1310. The molecule has 0 spiro atoms. The summed E-state index contributed by atoms with van der Waals surface area (Å²) in [5, 5.41) is 8.44. The molecule has 5 N–H and O–H groups in total. The molecule has 3 aliphatic rings. The number of esters is 1. The van der Waals surface area contributed by atoms with Crippen LogP contribution in [-0.4, -0.2) is 70.6 Å². The van der Waals surface area contributed by atoms with Crippen molar-refractivity contribution in [3.05, 3.63) is 24.2 Å². The quantitative estimate of drug-likeness (QED) is 0.184. The number of hydrogen-bond acceptors (Lipinski definition) is 8. The van der Waals surface area contributed by atoms with Crippen molar-refractivity contribution in [2.45, 2.75) is 123 Å². The molecule has 260 valence electrons. The van der Waals surface area contributed by atoms with Gasteiger partial charge in [0.05, 0.1) is 12.3 Å². The lowest BCUT2D eigenvalue weighted by molar-refractivity contribution is -0.154. The first-order valence-corrected chi connectivity index (χ1v) is 16.9. The van der Waals surface area contributed by atoms with Gasteiger partial charge in [-0.05, 0) is 61.0 Å². The number of Topliss-reactive ketones (excluding diaryl/α,β-unsaturated/α-hetero) is 1. The lowest BCUT2D eigenvalue weighted by Crippen LogP contribution is -2.64. The maximum atomic E-state index is 14.3. The molecule has 13 nitrogen and oxygen atoms in total. The van der Waals surface area contributed by atoms with Crippen LogP contribution in [-0.2, 0) is 35.3 Å². The topological polar surface area (TPSA) is 190 Å². The smallest absolute Gasteiger partial charge is 0.332 e. The van der Waals surface area contributed by atoms with Gasteiger partial charge in [-0.1, -0.05) is 66.7 Å². The summed E-state index contributed by atoms with van der Waals surface area (Å²) in [6, 6.07) is -0.329. The zero-order valence-corrected chi connectivity index (χ0v) is 28.3. The Morgan fingerprint density at radius 3 is 2.28 bits per heavy atom. The van der Waals surface area contributed by atoms with Gasteiger partial charge in [-0.15, -0.1) is 0 Å². The minimum absolute atomic E-state index is 0.0277. The van der Waals surface area contributed by atoms with Gasteiger partial charge in [0.25, 0.3) is 5.91 Å². The summed E-state index contributed by atoms with van der Waals surface area (Å²) in [5.41, 5.74) is 3.26. The summed E-state index contributed by atoms with van der Waals surface area (Å²) in [4.78, 5) is 81.1. The number of carbonyl (C=O) groups excluding carboxylic acids is 6. The van der Waals surface area contributed by atoms with E-state index >= 15 is 0 Å². The minimum Gasteiger partial charge on any atom is -0.466 e. The average Bonchev–Trinajstić information content (AvgIpc) is 3.47. The Morgan fingerprint density at radius 1 is 1.04 bits per heavy atom. The fourth-order valence-electron chi connectivity index (χ4n) is 6.85. The molecule has 2 aliphatic carbocycles. The van der Waals surface area contributed by atoms with Crippen molar-refractivity contribution in [3.8, 4) is 0 Å². The predicted octanol–water partition coefficient (Wildman–Crippen LogP) is 2.95. The van der Waals surface area contributed by atoms with Crippen molar-refractivity contribution in [2.24, 2.45) is 28.9 Å². The summed E-state index contributed by atoms with van der Waals surface area (Å²) in [6.45, 7) is 9.58. The Labute approximate surface area is 276 Å². The predicted molar refractivity (Wildman–Crippen MR) is 171 cm³/mol. The summed E-state index contributed by atoms with van der Waals surface area (Å²) in [5.74, 6) is -2.98. The molecule has 0 bridgehead atoms. The molecule has 5 amide bonds. The number of carbonyl (C=O) groups is 6. The third-order valence-electron chi connectivity index (χ3n) is 9.76. The Hall–Kier alpha value is -3.90. The lowest BCUT2D eigenvalue weighted by atomic mass is 9.81. The Kier molecular flexibility index (Phi) is 11.4. The van der Waals surface area contributed by atoms with Crippen molar-refractivity contribution >= 4 is 35.5 Å². The molecule has 2 saturated carbocycles. The van der Waals surface area contributed by atoms with Gasteiger partial charge in [0.1, 0.15) is 30.0 Å². The van der Waals surface area contributed by atoms with Crippen molar-refractivity contribution in [3.63, 3.8) is 0 Å². The molecule has 2 heterocycles. The van der Waals surface area contributed by atoms with Crippen LogP contribution in [0.3, 0.4) is 0 Å².